The van der Waals surface area contributed by atoms with Crippen LogP contribution in [0.5, 0.6) is 0 Å². The summed E-state index contributed by atoms with van der Waals surface area (Å²) in [5.41, 5.74) is 1.82. The monoisotopic (exact) mass is 393 g/mol. The van der Waals surface area contributed by atoms with Crippen LogP contribution in [0.3, 0.4) is 0 Å². The number of carbonyl (C=O) groups is 1. The van der Waals surface area contributed by atoms with Crippen LogP contribution in [-0.2, 0) is 4.74 Å². The number of carbonyl (C=O) groups excluding carboxylic acids is 1. The predicted octanol–water partition coefficient (Wildman–Crippen LogP) is 3.68. The third kappa shape index (κ3) is 3.88. The molecule has 9 heteroatoms. The maximum atomic E-state index is 13.0. The number of aryl methyl sites for hydroxylation is 1. The molecule has 0 fully saturated rings. The fourth-order valence-corrected chi connectivity index (χ4v) is 2.62. The van der Waals surface area contributed by atoms with E-state index in [-0.39, 0.29) is 23.3 Å². The SMILES string of the molecule is Cc1nn(-c2ccccc2)nc1C(=O)O[C@@H](C)c1nnc(-c2ccc(F)cc2)o1. The van der Waals surface area contributed by atoms with Crippen LogP contribution in [0, 0.1) is 12.7 Å². The number of nitrogens with zero attached hydrogens (tertiary/aromatic N) is 5. The van der Waals surface area contributed by atoms with E-state index < -0.39 is 12.1 Å². The normalized spacial score (nSPS) is 12.0. The summed E-state index contributed by atoms with van der Waals surface area (Å²) in [6.07, 6.45) is -0.800. The largest absolute Gasteiger partial charge is 0.448 e. The number of esters is 1. The Hall–Kier alpha value is -3.88. The van der Waals surface area contributed by atoms with Crippen LogP contribution in [0.4, 0.5) is 4.39 Å². The average molecular weight is 393 g/mol. The highest BCUT2D eigenvalue weighted by Crippen LogP contribution is 2.23. The van der Waals surface area contributed by atoms with Crippen molar-refractivity contribution in [2.75, 3.05) is 0 Å². The molecule has 0 saturated carbocycles. The van der Waals surface area contributed by atoms with Crippen molar-refractivity contribution in [3.63, 3.8) is 0 Å². The number of hydrogen-bond donors (Lipinski definition) is 0. The molecule has 146 valence electrons. The molecule has 2 aromatic carbocycles. The predicted molar refractivity (Wildman–Crippen MR) is 99.6 cm³/mol. The summed E-state index contributed by atoms with van der Waals surface area (Å²) >= 11 is 0. The van der Waals surface area contributed by atoms with Gasteiger partial charge in [0.2, 0.25) is 5.89 Å². The second-order valence-corrected chi connectivity index (χ2v) is 6.26. The first-order valence-corrected chi connectivity index (χ1v) is 8.81. The van der Waals surface area contributed by atoms with Crippen molar-refractivity contribution in [3.8, 4) is 17.1 Å². The van der Waals surface area contributed by atoms with E-state index in [0.29, 0.717) is 11.3 Å². The highest BCUT2D eigenvalue weighted by Gasteiger charge is 2.24. The van der Waals surface area contributed by atoms with Crippen molar-refractivity contribution in [1.82, 2.24) is 25.2 Å². The Labute approximate surface area is 165 Å². The molecule has 0 saturated heterocycles. The smallest absolute Gasteiger partial charge is 0.361 e. The van der Waals surface area contributed by atoms with E-state index in [4.69, 9.17) is 9.15 Å². The van der Waals surface area contributed by atoms with Crippen LogP contribution in [-0.4, -0.2) is 31.2 Å². The number of halogens is 1. The van der Waals surface area contributed by atoms with Crippen molar-refractivity contribution in [3.05, 3.63) is 77.7 Å². The molecule has 2 aromatic heterocycles. The minimum Gasteiger partial charge on any atom is -0.448 e. The van der Waals surface area contributed by atoms with Gasteiger partial charge in [-0.1, -0.05) is 18.2 Å². The number of ether oxygens (including phenoxy) is 1. The summed E-state index contributed by atoms with van der Waals surface area (Å²) in [6.45, 7) is 3.28. The van der Waals surface area contributed by atoms with Crippen LogP contribution >= 0.6 is 0 Å². The van der Waals surface area contributed by atoms with E-state index >= 15 is 0 Å². The van der Waals surface area contributed by atoms with Gasteiger partial charge in [0.1, 0.15) is 5.82 Å². The van der Waals surface area contributed by atoms with Crippen molar-refractivity contribution in [2.45, 2.75) is 20.0 Å². The van der Waals surface area contributed by atoms with Gasteiger partial charge in [-0.15, -0.1) is 15.3 Å². The third-order valence-corrected chi connectivity index (χ3v) is 4.13. The zero-order valence-corrected chi connectivity index (χ0v) is 15.6. The highest BCUT2D eigenvalue weighted by molar-refractivity contribution is 5.88. The van der Waals surface area contributed by atoms with Gasteiger partial charge in [-0.25, -0.2) is 9.18 Å². The quantitative estimate of drug-likeness (QED) is 0.477. The second-order valence-electron chi connectivity index (χ2n) is 6.26. The lowest BCUT2D eigenvalue weighted by Gasteiger charge is -2.07. The molecule has 8 nitrogen and oxygen atoms in total. The van der Waals surface area contributed by atoms with E-state index in [1.807, 2.05) is 30.3 Å². The van der Waals surface area contributed by atoms with Crippen LogP contribution in [0.2, 0.25) is 0 Å². The van der Waals surface area contributed by atoms with E-state index in [0.717, 1.165) is 5.69 Å². The molecule has 4 rings (SSSR count). The Balaban J connectivity index is 1.49. The molecule has 2 heterocycles. The highest BCUT2D eigenvalue weighted by atomic mass is 19.1. The number of aromatic nitrogens is 5. The van der Waals surface area contributed by atoms with E-state index in [1.54, 1.807) is 13.8 Å². The summed E-state index contributed by atoms with van der Waals surface area (Å²) in [5.74, 6) is -0.701. The first kappa shape index (κ1) is 18.5. The summed E-state index contributed by atoms with van der Waals surface area (Å²) < 4.78 is 24.0. The molecule has 0 amide bonds. The summed E-state index contributed by atoms with van der Waals surface area (Å²) in [5, 5.41) is 16.3. The zero-order valence-electron chi connectivity index (χ0n) is 15.6. The maximum Gasteiger partial charge on any atom is 0.361 e. The Bertz CT molecular complexity index is 1140. The van der Waals surface area contributed by atoms with Gasteiger partial charge in [-0.3, -0.25) is 0 Å². The Morgan fingerprint density at radius 2 is 1.79 bits per heavy atom. The summed E-state index contributed by atoms with van der Waals surface area (Å²) in [4.78, 5) is 13.9. The molecular formula is C20H16FN5O3. The van der Waals surface area contributed by atoms with Crippen LogP contribution in [0.15, 0.2) is 59.0 Å². The van der Waals surface area contributed by atoms with Gasteiger partial charge >= 0.3 is 5.97 Å². The fraction of sp³-hybridized carbons (Fsp3) is 0.150. The van der Waals surface area contributed by atoms with E-state index in [1.165, 1.54) is 29.1 Å². The minimum atomic E-state index is -0.800. The van der Waals surface area contributed by atoms with Crippen molar-refractivity contribution < 1.29 is 18.3 Å². The molecule has 29 heavy (non-hydrogen) atoms. The lowest BCUT2D eigenvalue weighted by Crippen LogP contribution is -2.11. The molecule has 0 radical (unpaired) electrons. The standard InChI is InChI=1S/C20H16FN5O3/c1-12-17(25-26(24-12)16-6-4-3-5-7-16)20(27)28-13(2)18-22-23-19(29-18)14-8-10-15(21)11-9-14/h3-11,13H,1-2H3/t13-/m0/s1. The third-order valence-electron chi connectivity index (χ3n) is 4.13. The van der Waals surface area contributed by atoms with E-state index in [9.17, 15) is 9.18 Å². The minimum absolute atomic E-state index is 0.0963. The molecular weight excluding hydrogens is 377 g/mol. The number of para-hydroxylation sites is 1. The molecule has 0 aliphatic heterocycles. The molecule has 0 unspecified atom stereocenters. The molecule has 1 atom stereocenters. The molecule has 0 spiro atoms. The van der Waals surface area contributed by atoms with Crippen molar-refractivity contribution in [1.29, 1.82) is 0 Å². The topological polar surface area (TPSA) is 95.9 Å². The van der Waals surface area contributed by atoms with Gasteiger partial charge in [0, 0.05) is 5.56 Å². The maximum absolute atomic E-state index is 13.0. The lowest BCUT2D eigenvalue weighted by molar-refractivity contribution is 0.0271. The molecule has 0 N–H and O–H groups in total. The lowest BCUT2D eigenvalue weighted by atomic mass is 10.2. The van der Waals surface area contributed by atoms with Gasteiger partial charge in [0.05, 0.1) is 11.4 Å². The first-order chi connectivity index (χ1) is 14.0. The Morgan fingerprint density at radius 1 is 1.07 bits per heavy atom. The van der Waals surface area contributed by atoms with Crippen molar-refractivity contribution in [2.24, 2.45) is 0 Å². The number of benzene rings is 2. The van der Waals surface area contributed by atoms with Crippen molar-refractivity contribution >= 4 is 5.97 Å². The van der Waals surface area contributed by atoms with Gasteiger partial charge in [0.25, 0.3) is 5.89 Å². The Kier molecular flexibility index (Phi) is 4.86. The zero-order chi connectivity index (χ0) is 20.4. The number of hydrogen-bond acceptors (Lipinski definition) is 7. The second kappa shape index (κ2) is 7.63. The molecule has 0 aliphatic carbocycles. The van der Waals surface area contributed by atoms with Crippen LogP contribution in [0.1, 0.15) is 35.1 Å². The van der Waals surface area contributed by atoms with Gasteiger partial charge in [0.15, 0.2) is 11.8 Å². The molecule has 4 aromatic rings. The molecule has 0 aliphatic rings. The number of rotatable bonds is 5. The average Bonchev–Trinajstić information content (AvgIpc) is 3.36. The summed E-state index contributed by atoms with van der Waals surface area (Å²) in [6, 6.07) is 14.9. The first-order valence-electron chi connectivity index (χ1n) is 8.81. The van der Waals surface area contributed by atoms with Gasteiger partial charge < -0.3 is 9.15 Å². The van der Waals surface area contributed by atoms with Crippen LogP contribution < -0.4 is 0 Å². The summed E-state index contributed by atoms with van der Waals surface area (Å²) in [7, 11) is 0. The Morgan fingerprint density at radius 3 is 2.52 bits per heavy atom. The molecule has 0 bridgehead atoms. The fourth-order valence-electron chi connectivity index (χ4n) is 2.62. The van der Waals surface area contributed by atoms with E-state index in [2.05, 4.69) is 20.4 Å². The van der Waals surface area contributed by atoms with Gasteiger partial charge in [-0.2, -0.15) is 9.90 Å². The van der Waals surface area contributed by atoms with Crippen LogP contribution in [0.25, 0.3) is 17.1 Å². The van der Waals surface area contributed by atoms with Gasteiger partial charge in [-0.05, 0) is 50.2 Å².